The Balaban J connectivity index is 1.51. The molecule has 1 aliphatic heterocycles. The number of hydrogen-bond donors (Lipinski definition) is 2. The maximum atomic E-state index is 12.7. The Bertz CT molecular complexity index is 756. The van der Waals surface area contributed by atoms with Crippen LogP contribution in [0.3, 0.4) is 0 Å². The Morgan fingerprint density at radius 2 is 1.76 bits per heavy atom. The molecule has 0 spiro atoms. The topological polar surface area (TPSA) is 78.5 Å². The van der Waals surface area contributed by atoms with Crippen LogP contribution in [0.5, 0.6) is 0 Å². The summed E-state index contributed by atoms with van der Waals surface area (Å²) in [6.07, 6.45) is 5.11. The van der Waals surface area contributed by atoms with Crippen molar-refractivity contribution in [1.82, 2.24) is 15.5 Å². The molecule has 0 radical (unpaired) electrons. The lowest BCUT2D eigenvalue weighted by Gasteiger charge is -2.34. The first-order valence-corrected chi connectivity index (χ1v) is 10.8. The van der Waals surface area contributed by atoms with Crippen LogP contribution in [0.25, 0.3) is 0 Å². The predicted molar refractivity (Wildman–Crippen MR) is 113 cm³/mol. The van der Waals surface area contributed by atoms with Gasteiger partial charge in [0.2, 0.25) is 12.3 Å². The van der Waals surface area contributed by atoms with Crippen LogP contribution >= 0.6 is 23.2 Å². The van der Waals surface area contributed by atoms with E-state index in [1.54, 1.807) is 6.07 Å². The summed E-state index contributed by atoms with van der Waals surface area (Å²) in [5, 5.41) is 6.27. The Kier molecular flexibility index (Phi) is 7.06. The molecule has 1 aliphatic carbocycles. The third-order valence-electron chi connectivity index (χ3n) is 6.13. The van der Waals surface area contributed by atoms with Gasteiger partial charge in [-0.25, -0.2) is 4.79 Å². The minimum atomic E-state index is -0.511. The number of benzene rings is 1. The molecule has 3 rings (SSSR count). The first-order valence-electron chi connectivity index (χ1n) is 10.1. The number of likely N-dealkylation sites (tertiary alicyclic amines) is 1. The van der Waals surface area contributed by atoms with Crippen molar-refractivity contribution in [2.24, 2.45) is 5.92 Å². The molecule has 1 heterocycles. The highest BCUT2D eigenvalue weighted by molar-refractivity contribution is 6.34. The van der Waals surface area contributed by atoms with Gasteiger partial charge in [-0.05, 0) is 74.6 Å². The minimum absolute atomic E-state index is 0.108. The van der Waals surface area contributed by atoms with Crippen LogP contribution in [0.4, 0.5) is 4.79 Å². The van der Waals surface area contributed by atoms with E-state index in [1.165, 1.54) is 0 Å². The zero-order valence-electron chi connectivity index (χ0n) is 16.5. The minimum Gasteiger partial charge on any atom is -0.343 e. The summed E-state index contributed by atoms with van der Waals surface area (Å²) in [6.45, 7) is 3.36. The van der Waals surface area contributed by atoms with E-state index in [1.807, 2.05) is 24.0 Å². The van der Waals surface area contributed by atoms with Gasteiger partial charge in [0.25, 0.3) is 0 Å². The highest BCUT2D eigenvalue weighted by Crippen LogP contribution is 2.42. The number of piperidine rings is 1. The van der Waals surface area contributed by atoms with Crippen LogP contribution in [-0.4, -0.2) is 41.9 Å². The summed E-state index contributed by atoms with van der Waals surface area (Å²) in [5.74, 6) is 0.809. The number of imide groups is 1. The number of nitrogens with zero attached hydrogens (tertiary/aromatic N) is 1. The van der Waals surface area contributed by atoms with Crippen molar-refractivity contribution >= 4 is 41.6 Å². The lowest BCUT2D eigenvalue weighted by Crippen LogP contribution is -2.52. The molecular weight excluding hydrogens is 413 g/mol. The number of halogens is 2. The van der Waals surface area contributed by atoms with E-state index in [2.05, 4.69) is 10.6 Å². The molecule has 8 heteroatoms. The van der Waals surface area contributed by atoms with E-state index in [9.17, 15) is 14.4 Å². The molecule has 6 nitrogen and oxygen atoms in total. The van der Waals surface area contributed by atoms with Crippen molar-refractivity contribution in [1.29, 1.82) is 0 Å². The average Bonchev–Trinajstić information content (AvgIpc) is 3.51. The van der Waals surface area contributed by atoms with Gasteiger partial charge in [0, 0.05) is 35.1 Å². The number of rotatable bonds is 7. The molecule has 2 aliphatic rings. The largest absolute Gasteiger partial charge is 0.343 e. The second-order valence-electron chi connectivity index (χ2n) is 8.27. The SMILES string of the molecule is CC(CCC(=O)N1CCC(c2cc(Cl)cc(Cl)c2)CC1)(NC(=O)NC=O)C1CC1. The zero-order chi connectivity index (χ0) is 21.0. The van der Waals surface area contributed by atoms with E-state index in [4.69, 9.17) is 23.2 Å². The smallest absolute Gasteiger partial charge is 0.321 e. The lowest BCUT2D eigenvalue weighted by molar-refractivity contribution is -0.132. The van der Waals surface area contributed by atoms with Crippen LogP contribution in [-0.2, 0) is 9.59 Å². The first kappa shape index (κ1) is 21.9. The number of urea groups is 1. The van der Waals surface area contributed by atoms with E-state index in [-0.39, 0.29) is 5.91 Å². The molecule has 1 aromatic carbocycles. The molecule has 158 valence electrons. The van der Waals surface area contributed by atoms with Crippen LogP contribution in [0.15, 0.2) is 18.2 Å². The van der Waals surface area contributed by atoms with Gasteiger partial charge in [0.05, 0.1) is 0 Å². The highest BCUT2D eigenvalue weighted by atomic mass is 35.5. The van der Waals surface area contributed by atoms with Crippen molar-refractivity contribution in [2.75, 3.05) is 13.1 Å². The number of hydrogen-bond acceptors (Lipinski definition) is 3. The summed E-state index contributed by atoms with van der Waals surface area (Å²) in [4.78, 5) is 36.9. The Morgan fingerprint density at radius 1 is 1.14 bits per heavy atom. The zero-order valence-corrected chi connectivity index (χ0v) is 18.1. The fourth-order valence-electron chi connectivity index (χ4n) is 4.24. The first-order chi connectivity index (χ1) is 13.8. The molecular formula is C21H27Cl2N3O3. The fourth-order valence-corrected chi connectivity index (χ4v) is 4.78. The van der Waals surface area contributed by atoms with Crippen LogP contribution in [0, 0.1) is 5.92 Å². The quantitative estimate of drug-likeness (QED) is 0.627. The fraction of sp³-hybridized carbons (Fsp3) is 0.571. The third-order valence-corrected chi connectivity index (χ3v) is 6.57. The van der Waals surface area contributed by atoms with Gasteiger partial charge in [-0.2, -0.15) is 0 Å². The lowest BCUT2D eigenvalue weighted by atomic mass is 9.88. The number of carbonyl (C=O) groups excluding carboxylic acids is 3. The molecule has 29 heavy (non-hydrogen) atoms. The Hall–Kier alpha value is -1.79. The maximum Gasteiger partial charge on any atom is 0.321 e. The molecule has 4 amide bonds. The Labute approximate surface area is 181 Å². The van der Waals surface area contributed by atoms with Crippen LogP contribution in [0.1, 0.15) is 56.9 Å². The van der Waals surface area contributed by atoms with Crippen molar-refractivity contribution < 1.29 is 14.4 Å². The summed E-state index contributed by atoms with van der Waals surface area (Å²) in [5.41, 5.74) is 0.653. The second kappa shape index (κ2) is 9.35. The molecule has 1 saturated heterocycles. The summed E-state index contributed by atoms with van der Waals surface area (Å²) in [7, 11) is 0. The van der Waals surface area contributed by atoms with E-state index >= 15 is 0 Å². The monoisotopic (exact) mass is 439 g/mol. The normalized spacial score (nSPS) is 19.3. The standard InChI is InChI=1S/C21H27Cl2N3O3/c1-21(16-2-3-16,25-20(29)24-13-27)7-4-19(28)26-8-5-14(6-9-26)15-10-17(22)12-18(23)11-15/h10-14,16H,2-9H2,1H3,(H2,24,25,27,29). The summed E-state index contributed by atoms with van der Waals surface area (Å²) < 4.78 is 0. The second-order valence-corrected chi connectivity index (χ2v) is 9.14. The van der Waals surface area contributed by atoms with Gasteiger partial charge >= 0.3 is 6.03 Å². The molecule has 0 bridgehead atoms. The van der Waals surface area contributed by atoms with Crippen LogP contribution in [0.2, 0.25) is 10.0 Å². The number of amides is 4. The third kappa shape index (κ3) is 5.86. The van der Waals surface area contributed by atoms with E-state index < -0.39 is 11.6 Å². The summed E-state index contributed by atoms with van der Waals surface area (Å²) >= 11 is 12.2. The van der Waals surface area contributed by atoms with Crippen molar-refractivity contribution in [2.45, 2.75) is 56.9 Å². The van der Waals surface area contributed by atoms with Crippen LogP contribution < -0.4 is 10.6 Å². The van der Waals surface area contributed by atoms with Crippen molar-refractivity contribution in [3.05, 3.63) is 33.8 Å². The van der Waals surface area contributed by atoms with Gasteiger partial charge in [-0.15, -0.1) is 0 Å². The molecule has 1 aromatic rings. The molecule has 2 fully saturated rings. The average molecular weight is 440 g/mol. The number of nitrogens with one attached hydrogen (secondary N) is 2. The van der Waals surface area contributed by atoms with E-state index in [0.29, 0.717) is 54.2 Å². The molecule has 0 aromatic heterocycles. The van der Waals surface area contributed by atoms with Crippen molar-refractivity contribution in [3.63, 3.8) is 0 Å². The van der Waals surface area contributed by atoms with Crippen molar-refractivity contribution in [3.8, 4) is 0 Å². The van der Waals surface area contributed by atoms with Gasteiger partial charge in [-0.1, -0.05) is 23.2 Å². The van der Waals surface area contributed by atoms with Gasteiger partial charge in [0.1, 0.15) is 0 Å². The van der Waals surface area contributed by atoms with Gasteiger partial charge in [-0.3, -0.25) is 14.9 Å². The van der Waals surface area contributed by atoms with Gasteiger partial charge in [0.15, 0.2) is 0 Å². The molecule has 1 saturated carbocycles. The Morgan fingerprint density at radius 3 is 2.31 bits per heavy atom. The molecule has 1 unspecified atom stereocenters. The molecule has 1 atom stereocenters. The highest BCUT2D eigenvalue weighted by Gasteiger charge is 2.42. The molecule has 2 N–H and O–H groups in total. The predicted octanol–water partition coefficient (Wildman–Crippen LogP) is 4.10. The maximum absolute atomic E-state index is 12.7. The number of carbonyl (C=O) groups is 3. The summed E-state index contributed by atoms with van der Waals surface area (Å²) in [6, 6.07) is 5.12. The van der Waals surface area contributed by atoms with E-state index in [0.717, 1.165) is 31.2 Å². The van der Waals surface area contributed by atoms with Gasteiger partial charge < -0.3 is 10.2 Å².